The van der Waals surface area contributed by atoms with Crippen LogP contribution < -0.4 is 20.5 Å². The Bertz CT molecular complexity index is 696. The smallest absolute Gasteiger partial charge is 0.248 e. The second-order valence-electron chi connectivity index (χ2n) is 4.56. The Balaban J connectivity index is 2.06. The Morgan fingerprint density at radius 3 is 2.55 bits per heavy atom. The van der Waals surface area contributed by atoms with E-state index in [0.29, 0.717) is 22.9 Å². The van der Waals surface area contributed by atoms with Gasteiger partial charge in [0.15, 0.2) is 11.5 Å². The maximum absolute atomic E-state index is 11.9. The monoisotopic (exact) mass is 298 g/mol. The molecule has 0 heterocycles. The van der Waals surface area contributed by atoms with Gasteiger partial charge >= 0.3 is 0 Å². The Labute approximate surface area is 129 Å². The molecule has 0 spiro atoms. The van der Waals surface area contributed by atoms with Crippen molar-refractivity contribution in [3.05, 3.63) is 54.1 Å². The van der Waals surface area contributed by atoms with Crippen molar-refractivity contribution in [2.75, 3.05) is 25.3 Å². The number of nitrogen functional groups attached to an aromatic ring is 1. The molecule has 0 radical (unpaired) electrons. The molecule has 22 heavy (non-hydrogen) atoms. The molecular weight excluding hydrogens is 280 g/mol. The summed E-state index contributed by atoms with van der Waals surface area (Å²) in [6.07, 6.45) is 3.15. The first-order chi connectivity index (χ1) is 10.6. The number of benzene rings is 2. The minimum atomic E-state index is -0.241. The predicted octanol–water partition coefficient (Wildman–Crippen LogP) is 2.94. The molecule has 0 saturated heterocycles. The molecule has 0 aliphatic heterocycles. The van der Waals surface area contributed by atoms with E-state index in [-0.39, 0.29) is 5.91 Å². The minimum absolute atomic E-state index is 0.241. The van der Waals surface area contributed by atoms with E-state index < -0.39 is 0 Å². The van der Waals surface area contributed by atoms with Crippen LogP contribution in [-0.4, -0.2) is 20.1 Å². The molecule has 0 fully saturated rings. The van der Waals surface area contributed by atoms with Gasteiger partial charge in [0.1, 0.15) is 0 Å². The number of ether oxygens (including phenoxy) is 2. The number of hydrogen-bond donors (Lipinski definition) is 2. The number of methoxy groups -OCH3 is 2. The first-order valence-electron chi connectivity index (χ1n) is 6.69. The maximum atomic E-state index is 11.9. The van der Waals surface area contributed by atoms with Gasteiger partial charge in [0.25, 0.3) is 0 Å². The lowest BCUT2D eigenvalue weighted by Gasteiger charge is -2.09. The molecule has 0 atom stereocenters. The summed E-state index contributed by atoms with van der Waals surface area (Å²) in [5.41, 5.74) is 7.83. The third kappa shape index (κ3) is 4.02. The van der Waals surface area contributed by atoms with Crippen LogP contribution in [0, 0.1) is 0 Å². The molecule has 114 valence electrons. The standard InChI is InChI=1S/C17H18N2O3/c1-21-15-8-7-14(11-16(15)22-2)19-17(20)9-6-12-4-3-5-13(18)10-12/h3-11H,18H2,1-2H3,(H,19,20)/b9-6+. The maximum Gasteiger partial charge on any atom is 0.248 e. The van der Waals surface area contributed by atoms with Crippen molar-refractivity contribution in [3.8, 4) is 11.5 Å². The van der Waals surface area contributed by atoms with Gasteiger partial charge in [-0.05, 0) is 35.9 Å². The lowest BCUT2D eigenvalue weighted by Crippen LogP contribution is -2.07. The highest BCUT2D eigenvalue weighted by Gasteiger charge is 2.05. The fraction of sp³-hybridized carbons (Fsp3) is 0.118. The number of hydrogen-bond acceptors (Lipinski definition) is 4. The first kappa shape index (κ1) is 15.4. The molecule has 0 aliphatic rings. The molecule has 2 aromatic carbocycles. The van der Waals surface area contributed by atoms with Crippen molar-refractivity contribution < 1.29 is 14.3 Å². The number of carbonyl (C=O) groups excluding carboxylic acids is 1. The number of nitrogens with one attached hydrogen (secondary N) is 1. The van der Waals surface area contributed by atoms with Crippen molar-refractivity contribution in [1.29, 1.82) is 0 Å². The molecular formula is C17H18N2O3. The highest BCUT2D eigenvalue weighted by molar-refractivity contribution is 6.02. The van der Waals surface area contributed by atoms with E-state index >= 15 is 0 Å². The number of rotatable bonds is 5. The Morgan fingerprint density at radius 1 is 1.09 bits per heavy atom. The molecule has 5 heteroatoms. The second-order valence-corrected chi connectivity index (χ2v) is 4.56. The molecule has 0 saturated carbocycles. The third-order valence-electron chi connectivity index (χ3n) is 2.99. The zero-order valence-corrected chi connectivity index (χ0v) is 12.5. The summed E-state index contributed by atoms with van der Waals surface area (Å²) in [6.45, 7) is 0. The molecule has 3 N–H and O–H groups in total. The van der Waals surface area contributed by atoms with E-state index in [1.54, 1.807) is 50.6 Å². The molecule has 0 aromatic heterocycles. The van der Waals surface area contributed by atoms with Crippen molar-refractivity contribution in [2.45, 2.75) is 0 Å². The molecule has 0 aliphatic carbocycles. The van der Waals surface area contributed by atoms with Crippen LogP contribution in [0.1, 0.15) is 5.56 Å². The summed E-state index contributed by atoms with van der Waals surface area (Å²) in [6, 6.07) is 12.5. The molecule has 0 unspecified atom stereocenters. The largest absolute Gasteiger partial charge is 0.493 e. The number of anilines is 2. The number of carbonyl (C=O) groups is 1. The van der Waals surface area contributed by atoms with Gasteiger partial charge in [0.2, 0.25) is 5.91 Å². The van der Waals surface area contributed by atoms with Gasteiger partial charge in [-0.25, -0.2) is 0 Å². The quantitative estimate of drug-likeness (QED) is 0.657. The third-order valence-corrected chi connectivity index (χ3v) is 2.99. The zero-order chi connectivity index (χ0) is 15.9. The van der Waals surface area contributed by atoms with Gasteiger partial charge in [0, 0.05) is 23.5 Å². The summed E-state index contributed by atoms with van der Waals surface area (Å²) in [5, 5.41) is 2.76. The lowest BCUT2D eigenvalue weighted by molar-refractivity contribution is -0.111. The highest BCUT2D eigenvalue weighted by Crippen LogP contribution is 2.29. The van der Waals surface area contributed by atoms with E-state index in [9.17, 15) is 4.79 Å². The average molecular weight is 298 g/mol. The van der Waals surface area contributed by atoms with Crippen molar-refractivity contribution in [1.82, 2.24) is 0 Å². The molecule has 0 bridgehead atoms. The molecule has 2 rings (SSSR count). The van der Waals surface area contributed by atoms with Crippen LogP contribution >= 0.6 is 0 Å². The van der Waals surface area contributed by atoms with Gasteiger partial charge in [-0.2, -0.15) is 0 Å². The zero-order valence-electron chi connectivity index (χ0n) is 12.5. The summed E-state index contributed by atoms with van der Waals surface area (Å²) in [5.74, 6) is 0.922. The Kier molecular flexibility index (Phi) is 5.03. The Morgan fingerprint density at radius 2 is 1.86 bits per heavy atom. The lowest BCUT2D eigenvalue weighted by atomic mass is 10.2. The van der Waals surface area contributed by atoms with Crippen molar-refractivity contribution in [3.63, 3.8) is 0 Å². The van der Waals surface area contributed by atoms with Crippen molar-refractivity contribution in [2.24, 2.45) is 0 Å². The van der Waals surface area contributed by atoms with Crippen LogP contribution in [0.2, 0.25) is 0 Å². The topological polar surface area (TPSA) is 73.6 Å². The SMILES string of the molecule is COc1ccc(NC(=O)/C=C/c2cccc(N)c2)cc1OC. The van der Waals surface area contributed by atoms with E-state index in [0.717, 1.165) is 5.56 Å². The molecule has 1 amide bonds. The summed E-state index contributed by atoms with van der Waals surface area (Å²) in [7, 11) is 3.10. The van der Waals surface area contributed by atoms with E-state index in [1.165, 1.54) is 6.08 Å². The highest BCUT2D eigenvalue weighted by atomic mass is 16.5. The van der Waals surface area contributed by atoms with Crippen LogP contribution in [0.25, 0.3) is 6.08 Å². The second kappa shape index (κ2) is 7.17. The number of amides is 1. The summed E-state index contributed by atoms with van der Waals surface area (Å²) >= 11 is 0. The Hall–Kier alpha value is -2.95. The van der Waals surface area contributed by atoms with Crippen LogP contribution in [0.15, 0.2) is 48.5 Å². The fourth-order valence-electron chi connectivity index (χ4n) is 1.93. The summed E-state index contributed by atoms with van der Waals surface area (Å²) in [4.78, 5) is 11.9. The van der Waals surface area contributed by atoms with Gasteiger partial charge in [-0.1, -0.05) is 12.1 Å². The summed E-state index contributed by atoms with van der Waals surface area (Å²) < 4.78 is 10.3. The van der Waals surface area contributed by atoms with Crippen LogP contribution in [0.5, 0.6) is 11.5 Å². The van der Waals surface area contributed by atoms with Crippen LogP contribution in [-0.2, 0) is 4.79 Å². The van der Waals surface area contributed by atoms with Crippen LogP contribution in [0.3, 0.4) is 0 Å². The first-order valence-corrected chi connectivity index (χ1v) is 6.69. The fourth-order valence-corrected chi connectivity index (χ4v) is 1.93. The predicted molar refractivity (Wildman–Crippen MR) is 88.1 cm³/mol. The number of nitrogens with two attached hydrogens (primary N) is 1. The van der Waals surface area contributed by atoms with Crippen LogP contribution in [0.4, 0.5) is 11.4 Å². The molecule has 5 nitrogen and oxygen atoms in total. The van der Waals surface area contributed by atoms with Gasteiger partial charge < -0.3 is 20.5 Å². The van der Waals surface area contributed by atoms with Gasteiger partial charge in [0.05, 0.1) is 14.2 Å². The van der Waals surface area contributed by atoms with E-state index in [1.807, 2.05) is 12.1 Å². The van der Waals surface area contributed by atoms with Gasteiger partial charge in [-0.3, -0.25) is 4.79 Å². The normalized spacial score (nSPS) is 10.5. The van der Waals surface area contributed by atoms with Crippen molar-refractivity contribution >= 4 is 23.4 Å². The van der Waals surface area contributed by atoms with Gasteiger partial charge in [-0.15, -0.1) is 0 Å². The van der Waals surface area contributed by atoms with E-state index in [4.69, 9.17) is 15.2 Å². The van der Waals surface area contributed by atoms with E-state index in [2.05, 4.69) is 5.32 Å². The minimum Gasteiger partial charge on any atom is -0.493 e. The molecule has 2 aromatic rings. The average Bonchev–Trinajstić information content (AvgIpc) is 2.53.